The number of carbonyl (C=O) groups is 1. The first-order chi connectivity index (χ1) is 7.74. The van der Waals surface area contributed by atoms with Crippen LogP contribution >= 0.6 is 0 Å². The van der Waals surface area contributed by atoms with Crippen LogP contribution in [0.5, 0.6) is 0 Å². The second kappa shape index (κ2) is 4.44. The predicted molar refractivity (Wildman–Crippen MR) is 65.5 cm³/mol. The van der Waals surface area contributed by atoms with Crippen molar-refractivity contribution < 1.29 is 4.79 Å². The third kappa shape index (κ3) is 1.83. The highest BCUT2D eigenvalue weighted by atomic mass is 16.1. The number of benzene rings is 1. The van der Waals surface area contributed by atoms with Crippen LogP contribution in [0.2, 0.25) is 0 Å². The zero-order valence-corrected chi connectivity index (χ0v) is 9.60. The van der Waals surface area contributed by atoms with Gasteiger partial charge in [-0.15, -0.1) is 0 Å². The normalized spacial score (nSPS) is 12.6. The lowest BCUT2D eigenvalue weighted by Gasteiger charge is -2.13. The molecule has 2 aromatic rings. The molecule has 2 heteroatoms. The van der Waals surface area contributed by atoms with Crippen molar-refractivity contribution >= 4 is 16.7 Å². The van der Waals surface area contributed by atoms with E-state index in [0.29, 0.717) is 0 Å². The van der Waals surface area contributed by atoms with Crippen molar-refractivity contribution in [2.45, 2.75) is 26.2 Å². The Morgan fingerprint density at radius 3 is 2.75 bits per heavy atom. The monoisotopic (exact) mass is 213 g/mol. The van der Waals surface area contributed by atoms with Crippen LogP contribution in [0.15, 0.2) is 36.5 Å². The fourth-order valence-corrected chi connectivity index (χ4v) is 2.15. The van der Waals surface area contributed by atoms with Crippen molar-refractivity contribution in [1.29, 1.82) is 0 Å². The number of nitrogens with zero attached hydrogens (tertiary/aromatic N) is 1. The van der Waals surface area contributed by atoms with Gasteiger partial charge in [0, 0.05) is 17.5 Å². The number of carbonyl (C=O) groups excluding carboxylic acids is 1. The zero-order chi connectivity index (χ0) is 11.5. The molecule has 1 unspecified atom stereocenters. The lowest BCUT2D eigenvalue weighted by atomic mass is 9.90. The van der Waals surface area contributed by atoms with E-state index in [9.17, 15) is 4.79 Å². The van der Waals surface area contributed by atoms with Gasteiger partial charge in [-0.3, -0.25) is 9.78 Å². The van der Waals surface area contributed by atoms with Gasteiger partial charge in [-0.2, -0.15) is 0 Å². The lowest BCUT2D eigenvalue weighted by molar-refractivity contribution is -0.118. The first-order valence-electron chi connectivity index (χ1n) is 5.58. The Bertz CT molecular complexity index is 514. The van der Waals surface area contributed by atoms with Crippen LogP contribution in [0.3, 0.4) is 0 Å². The minimum atomic E-state index is -0.00657. The molecule has 2 nitrogen and oxygen atoms in total. The summed E-state index contributed by atoms with van der Waals surface area (Å²) in [4.78, 5) is 15.9. The maximum Gasteiger partial charge on any atom is 0.137 e. The van der Waals surface area contributed by atoms with Crippen molar-refractivity contribution in [3.63, 3.8) is 0 Å². The van der Waals surface area contributed by atoms with Gasteiger partial charge < -0.3 is 0 Å². The topological polar surface area (TPSA) is 30.0 Å². The molecule has 0 N–H and O–H groups in total. The lowest BCUT2D eigenvalue weighted by Crippen LogP contribution is -2.08. The van der Waals surface area contributed by atoms with E-state index in [1.165, 1.54) is 0 Å². The second-order valence-corrected chi connectivity index (χ2v) is 3.99. The number of pyridine rings is 1. The smallest absolute Gasteiger partial charge is 0.137 e. The second-order valence-electron chi connectivity index (χ2n) is 3.99. The Kier molecular flexibility index (Phi) is 3.00. The summed E-state index contributed by atoms with van der Waals surface area (Å²) in [5.41, 5.74) is 2.06. The van der Waals surface area contributed by atoms with Crippen LogP contribution in [0.1, 0.15) is 31.7 Å². The molecule has 82 valence electrons. The van der Waals surface area contributed by atoms with Gasteiger partial charge in [0.05, 0.1) is 5.52 Å². The molecule has 1 aromatic carbocycles. The van der Waals surface area contributed by atoms with Crippen LogP contribution in [0, 0.1) is 0 Å². The quantitative estimate of drug-likeness (QED) is 0.782. The van der Waals surface area contributed by atoms with E-state index in [2.05, 4.69) is 4.98 Å². The van der Waals surface area contributed by atoms with Gasteiger partial charge in [0.15, 0.2) is 0 Å². The molecule has 2 rings (SSSR count). The summed E-state index contributed by atoms with van der Waals surface area (Å²) in [6.45, 7) is 3.70. The van der Waals surface area contributed by atoms with Crippen molar-refractivity contribution in [2.75, 3.05) is 0 Å². The number of para-hydroxylation sites is 1. The van der Waals surface area contributed by atoms with Gasteiger partial charge in [0.25, 0.3) is 0 Å². The predicted octanol–water partition coefficient (Wildman–Crippen LogP) is 3.32. The molecule has 0 saturated carbocycles. The third-order valence-electron chi connectivity index (χ3n) is 2.96. The molecular weight excluding hydrogens is 198 g/mol. The van der Waals surface area contributed by atoms with E-state index in [1.807, 2.05) is 37.3 Å². The van der Waals surface area contributed by atoms with E-state index < -0.39 is 0 Å². The van der Waals surface area contributed by atoms with Crippen LogP contribution in [0.4, 0.5) is 0 Å². The van der Waals surface area contributed by atoms with E-state index in [1.54, 1.807) is 13.1 Å². The molecule has 0 aliphatic heterocycles. The summed E-state index contributed by atoms with van der Waals surface area (Å²) in [6, 6.07) is 9.92. The molecule has 0 radical (unpaired) electrons. The third-order valence-corrected chi connectivity index (χ3v) is 2.96. The van der Waals surface area contributed by atoms with Crippen molar-refractivity contribution in [3.05, 3.63) is 42.1 Å². The molecule has 1 aromatic heterocycles. The summed E-state index contributed by atoms with van der Waals surface area (Å²) >= 11 is 0. The molecule has 0 bridgehead atoms. The molecule has 0 amide bonds. The number of rotatable bonds is 3. The van der Waals surface area contributed by atoms with Crippen molar-refractivity contribution in [3.8, 4) is 0 Å². The average molecular weight is 213 g/mol. The van der Waals surface area contributed by atoms with Gasteiger partial charge in [-0.1, -0.05) is 25.1 Å². The van der Waals surface area contributed by atoms with Crippen LogP contribution in [0.25, 0.3) is 10.9 Å². The maximum absolute atomic E-state index is 11.6. The van der Waals surface area contributed by atoms with Crippen molar-refractivity contribution in [2.24, 2.45) is 0 Å². The van der Waals surface area contributed by atoms with Crippen LogP contribution in [-0.2, 0) is 4.79 Å². The molecule has 0 saturated heterocycles. The molecular formula is C14H15NO. The molecule has 1 atom stereocenters. The molecule has 0 spiro atoms. The highest BCUT2D eigenvalue weighted by molar-refractivity contribution is 5.91. The van der Waals surface area contributed by atoms with Crippen LogP contribution < -0.4 is 0 Å². The highest BCUT2D eigenvalue weighted by Crippen LogP contribution is 2.27. The van der Waals surface area contributed by atoms with Gasteiger partial charge in [0.1, 0.15) is 5.78 Å². The summed E-state index contributed by atoms with van der Waals surface area (Å²) in [5, 5.41) is 1.09. The Morgan fingerprint density at radius 1 is 1.31 bits per heavy atom. The summed E-state index contributed by atoms with van der Waals surface area (Å²) < 4.78 is 0. The van der Waals surface area contributed by atoms with E-state index in [-0.39, 0.29) is 11.7 Å². The van der Waals surface area contributed by atoms with Gasteiger partial charge in [-0.25, -0.2) is 0 Å². The average Bonchev–Trinajstić information content (AvgIpc) is 2.30. The number of ketones is 1. The maximum atomic E-state index is 11.6. The van der Waals surface area contributed by atoms with E-state index in [4.69, 9.17) is 0 Å². The van der Waals surface area contributed by atoms with E-state index in [0.717, 1.165) is 22.9 Å². The SMILES string of the molecule is CCC(C(C)=O)c1ccnc2ccccc12. The number of aromatic nitrogens is 1. The minimum absolute atomic E-state index is 0.00657. The molecule has 0 aliphatic rings. The summed E-state index contributed by atoms with van der Waals surface area (Å²) in [5.74, 6) is 0.215. The zero-order valence-electron chi connectivity index (χ0n) is 9.60. The number of hydrogen-bond donors (Lipinski definition) is 0. The summed E-state index contributed by atoms with van der Waals surface area (Å²) in [7, 11) is 0. The molecule has 0 fully saturated rings. The first kappa shape index (κ1) is 10.8. The van der Waals surface area contributed by atoms with Gasteiger partial charge in [-0.05, 0) is 31.0 Å². The van der Waals surface area contributed by atoms with E-state index >= 15 is 0 Å². The Balaban J connectivity index is 2.63. The Hall–Kier alpha value is -1.70. The Morgan fingerprint density at radius 2 is 2.06 bits per heavy atom. The Labute approximate surface area is 95.3 Å². The van der Waals surface area contributed by atoms with Gasteiger partial charge in [0.2, 0.25) is 0 Å². The molecule has 16 heavy (non-hydrogen) atoms. The minimum Gasteiger partial charge on any atom is -0.299 e. The number of hydrogen-bond acceptors (Lipinski definition) is 2. The fourth-order valence-electron chi connectivity index (χ4n) is 2.15. The highest BCUT2D eigenvalue weighted by Gasteiger charge is 2.16. The van der Waals surface area contributed by atoms with Gasteiger partial charge >= 0.3 is 0 Å². The molecule has 1 heterocycles. The first-order valence-corrected chi connectivity index (χ1v) is 5.58. The van der Waals surface area contributed by atoms with Crippen molar-refractivity contribution in [1.82, 2.24) is 4.98 Å². The van der Waals surface area contributed by atoms with Crippen LogP contribution in [-0.4, -0.2) is 10.8 Å². The molecule has 0 aliphatic carbocycles. The number of fused-ring (bicyclic) bond motifs is 1. The standard InChI is InChI=1S/C14H15NO/c1-3-11(10(2)16)12-8-9-15-14-7-5-4-6-13(12)14/h4-9,11H,3H2,1-2H3. The number of Topliss-reactive ketones (excluding diaryl/α,β-unsaturated/α-hetero) is 1. The largest absolute Gasteiger partial charge is 0.299 e. The summed E-state index contributed by atoms with van der Waals surface area (Å²) in [6.07, 6.45) is 2.62. The fraction of sp³-hybridized carbons (Fsp3) is 0.286.